The van der Waals surface area contributed by atoms with Gasteiger partial charge in [-0.05, 0) is 24.3 Å². The molecule has 2 aromatic heterocycles. The summed E-state index contributed by atoms with van der Waals surface area (Å²) in [6, 6.07) is 10.4. The van der Waals surface area contributed by atoms with Crippen molar-refractivity contribution in [3.63, 3.8) is 0 Å². The molecule has 0 saturated heterocycles. The van der Waals surface area contributed by atoms with Gasteiger partial charge in [-0.1, -0.05) is 18.2 Å². The second kappa shape index (κ2) is 6.13. The van der Waals surface area contributed by atoms with Crippen molar-refractivity contribution in [1.29, 1.82) is 0 Å². The summed E-state index contributed by atoms with van der Waals surface area (Å²) in [6.07, 6.45) is 0. The minimum atomic E-state index is -0.799. The van der Waals surface area contributed by atoms with E-state index in [1.807, 2.05) is 0 Å². The molecule has 0 aliphatic heterocycles. The number of nitrogens with one attached hydrogen (secondary N) is 1. The molecule has 0 aliphatic carbocycles. The number of carbonyl (C=O) groups is 1. The second-order valence-electron chi connectivity index (χ2n) is 5.84. The summed E-state index contributed by atoms with van der Waals surface area (Å²) in [7, 11) is 1.43. The molecule has 4 rings (SSSR count). The molecule has 0 spiro atoms. The molecule has 0 unspecified atom stereocenters. The standard InChI is InChI=1S/C18H12FN5O3/c1-24-18(27)11-5-3-2-4-10(11)15(23-24)17(26)22-21-14-12-8-9(19)6-7-13(12)20-16(14)25/h2-8,20,25H,1H3. The first-order valence-electron chi connectivity index (χ1n) is 7.88. The van der Waals surface area contributed by atoms with Crippen LogP contribution in [0.4, 0.5) is 10.1 Å². The van der Waals surface area contributed by atoms with Gasteiger partial charge in [0, 0.05) is 17.8 Å². The van der Waals surface area contributed by atoms with Gasteiger partial charge in [0.2, 0.25) is 5.88 Å². The van der Waals surface area contributed by atoms with Gasteiger partial charge < -0.3 is 10.1 Å². The van der Waals surface area contributed by atoms with Crippen LogP contribution in [0.3, 0.4) is 0 Å². The first-order chi connectivity index (χ1) is 13.0. The molecule has 1 amide bonds. The zero-order chi connectivity index (χ0) is 19.1. The Morgan fingerprint density at radius 2 is 1.93 bits per heavy atom. The van der Waals surface area contributed by atoms with Crippen LogP contribution in [0.5, 0.6) is 5.88 Å². The van der Waals surface area contributed by atoms with Crippen LogP contribution in [0, 0.1) is 5.82 Å². The maximum atomic E-state index is 13.5. The van der Waals surface area contributed by atoms with Gasteiger partial charge in [0.25, 0.3) is 5.56 Å². The van der Waals surface area contributed by atoms with Crippen LogP contribution in [0.1, 0.15) is 10.5 Å². The number of H-pyrrole nitrogens is 1. The largest absolute Gasteiger partial charge is 0.493 e. The van der Waals surface area contributed by atoms with Gasteiger partial charge in [-0.3, -0.25) is 9.59 Å². The molecule has 2 heterocycles. The van der Waals surface area contributed by atoms with E-state index in [2.05, 4.69) is 20.3 Å². The Balaban J connectivity index is 1.81. The van der Waals surface area contributed by atoms with Crippen LogP contribution >= 0.6 is 0 Å². The van der Waals surface area contributed by atoms with E-state index in [0.717, 1.165) is 4.68 Å². The number of aromatic amines is 1. The van der Waals surface area contributed by atoms with Crippen LogP contribution in [-0.2, 0) is 7.05 Å². The molecule has 9 heteroatoms. The van der Waals surface area contributed by atoms with Crippen molar-refractivity contribution in [3.05, 3.63) is 64.3 Å². The van der Waals surface area contributed by atoms with E-state index >= 15 is 0 Å². The smallest absolute Gasteiger partial charge is 0.316 e. The molecular formula is C18H12FN5O3. The number of hydrogen-bond acceptors (Lipinski definition) is 5. The van der Waals surface area contributed by atoms with Crippen molar-refractivity contribution >= 4 is 33.3 Å². The van der Waals surface area contributed by atoms with Crippen molar-refractivity contribution in [2.75, 3.05) is 0 Å². The van der Waals surface area contributed by atoms with E-state index in [4.69, 9.17) is 0 Å². The SMILES string of the molecule is Cn1nc(C(=O)N=Nc2c(O)[nH]c3ccc(F)cc23)c2ccccc2c1=O. The average Bonchev–Trinajstić information content (AvgIpc) is 2.97. The van der Waals surface area contributed by atoms with Crippen LogP contribution in [0.25, 0.3) is 21.7 Å². The highest BCUT2D eigenvalue weighted by atomic mass is 19.1. The molecule has 0 saturated carbocycles. The molecule has 0 aliphatic rings. The Hall–Kier alpha value is -3.88. The lowest BCUT2D eigenvalue weighted by atomic mass is 10.1. The van der Waals surface area contributed by atoms with Crippen molar-refractivity contribution in [1.82, 2.24) is 14.8 Å². The average molecular weight is 365 g/mol. The van der Waals surface area contributed by atoms with E-state index < -0.39 is 11.7 Å². The lowest BCUT2D eigenvalue weighted by Crippen LogP contribution is -2.22. The third kappa shape index (κ3) is 2.74. The summed E-state index contributed by atoms with van der Waals surface area (Å²) in [4.78, 5) is 27.3. The Morgan fingerprint density at radius 3 is 2.70 bits per heavy atom. The predicted molar refractivity (Wildman–Crippen MR) is 95.8 cm³/mol. The third-order valence-electron chi connectivity index (χ3n) is 4.11. The van der Waals surface area contributed by atoms with Crippen molar-refractivity contribution in [2.24, 2.45) is 17.3 Å². The molecular weight excluding hydrogens is 353 g/mol. The van der Waals surface area contributed by atoms with Crippen LogP contribution in [-0.4, -0.2) is 25.8 Å². The molecule has 134 valence electrons. The first-order valence-corrected chi connectivity index (χ1v) is 7.88. The highest BCUT2D eigenvalue weighted by Gasteiger charge is 2.17. The van der Waals surface area contributed by atoms with E-state index in [-0.39, 0.29) is 28.2 Å². The summed E-state index contributed by atoms with van der Waals surface area (Å²) in [5, 5.41) is 22.3. The van der Waals surface area contributed by atoms with Crippen LogP contribution in [0.15, 0.2) is 57.5 Å². The highest BCUT2D eigenvalue weighted by molar-refractivity contribution is 6.05. The second-order valence-corrected chi connectivity index (χ2v) is 5.84. The van der Waals surface area contributed by atoms with Gasteiger partial charge in [-0.2, -0.15) is 5.10 Å². The fourth-order valence-electron chi connectivity index (χ4n) is 2.84. The summed E-state index contributed by atoms with van der Waals surface area (Å²) < 4.78 is 14.5. The molecule has 0 bridgehead atoms. The highest BCUT2D eigenvalue weighted by Crippen LogP contribution is 2.35. The molecule has 27 heavy (non-hydrogen) atoms. The summed E-state index contributed by atoms with van der Waals surface area (Å²) >= 11 is 0. The minimum Gasteiger partial charge on any atom is -0.493 e. The van der Waals surface area contributed by atoms with Crippen molar-refractivity contribution in [3.8, 4) is 5.88 Å². The number of halogens is 1. The van der Waals surface area contributed by atoms with Gasteiger partial charge in [-0.15, -0.1) is 10.2 Å². The minimum absolute atomic E-state index is 0.0537. The van der Waals surface area contributed by atoms with Crippen molar-refractivity contribution < 1.29 is 14.3 Å². The number of carbonyl (C=O) groups excluding carboxylic acids is 1. The lowest BCUT2D eigenvalue weighted by molar-refractivity contribution is 0.0990. The molecule has 0 radical (unpaired) electrons. The van der Waals surface area contributed by atoms with E-state index in [0.29, 0.717) is 16.3 Å². The summed E-state index contributed by atoms with van der Waals surface area (Å²) in [5.41, 5.74) is -0.0150. The quantitative estimate of drug-likeness (QED) is 0.531. The van der Waals surface area contributed by atoms with Gasteiger partial charge in [0.1, 0.15) is 5.82 Å². The van der Waals surface area contributed by atoms with Crippen LogP contribution < -0.4 is 5.56 Å². The number of nitrogens with zero attached hydrogens (tertiary/aromatic N) is 4. The number of aryl methyl sites for hydroxylation is 1. The Kier molecular flexibility index (Phi) is 3.76. The molecule has 2 N–H and O–H groups in total. The number of aromatic hydroxyl groups is 1. The van der Waals surface area contributed by atoms with Gasteiger partial charge >= 0.3 is 5.91 Å². The number of amides is 1. The fraction of sp³-hybridized carbons (Fsp3) is 0.0556. The number of fused-ring (bicyclic) bond motifs is 2. The number of azo groups is 1. The maximum absolute atomic E-state index is 13.5. The molecule has 8 nitrogen and oxygen atoms in total. The van der Waals surface area contributed by atoms with E-state index in [1.54, 1.807) is 24.3 Å². The van der Waals surface area contributed by atoms with E-state index in [1.165, 1.54) is 25.2 Å². The zero-order valence-corrected chi connectivity index (χ0v) is 14.0. The monoisotopic (exact) mass is 365 g/mol. The van der Waals surface area contributed by atoms with E-state index in [9.17, 15) is 19.1 Å². The van der Waals surface area contributed by atoms with Gasteiger partial charge in [0.15, 0.2) is 11.4 Å². The number of benzene rings is 2. The van der Waals surface area contributed by atoms with Crippen LogP contribution in [0.2, 0.25) is 0 Å². The lowest BCUT2D eigenvalue weighted by Gasteiger charge is -2.04. The van der Waals surface area contributed by atoms with Gasteiger partial charge in [0.05, 0.1) is 10.9 Å². The fourth-order valence-corrected chi connectivity index (χ4v) is 2.84. The predicted octanol–water partition coefficient (Wildman–Crippen LogP) is 3.18. The maximum Gasteiger partial charge on any atom is 0.316 e. The molecule has 2 aromatic carbocycles. The zero-order valence-electron chi connectivity index (χ0n) is 14.0. The number of rotatable bonds is 2. The summed E-state index contributed by atoms with van der Waals surface area (Å²) in [6.45, 7) is 0. The topological polar surface area (TPSA) is 113 Å². The molecule has 0 atom stereocenters. The number of aromatic nitrogens is 3. The Morgan fingerprint density at radius 1 is 1.19 bits per heavy atom. The summed E-state index contributed by atoms with van der Waals surface area (Å²) in [5.74, 6) is -1.66. The Bertz CT molecular complexity index is 1310. The Labute approximate surface area is 150 Å². The normalized spacial score (nSPS) is 11.6. The first kappa shape index (κ1) is 16.6. The molecule has 0 fully saturated rings. The number of hydrogen-bond donors (Lipinski definition) is 2. The third-order valence-corrected chi connectivity index (χ3v) is 4.11. The van der Waals surface area contributed by atoms with Gasteiger partial charge in [-0.25, -0.2) is 9.07 Å². The molecule has 4 aromatic rings. The van der Waals surface area contributed by atoms with Crippen molar-refractivity contribution in [2.45, 2.75) is 0 Å².